The average molecular weight is 601 g/mol. The number of aliphatic hydroxyl groups is 8. The lowest BCUT2D eigenvalue weighted by Crippen LogP contribution is -2.64. The van der Waals surface area contributed by atoms with Gasteiger partial charge in [0.2, 0.25) is 0 Å². The monoisotopic (exact) mass is 600 g/mol. The fourth-order valence-corrected chi connectivity index (χ4v) is 2.57. The van der Waals surface area contributed by atoms with Crippen LogP contribution in [0, 0.1) is 0 Å². The molecule has 1 unspecified atom stereocenters. The second-order valence-corrected chi connectivity index (χ2v) is 8.78. The molecule has 0 aliphatic carbocycles. The van der Waals surface area contributed by atoms with E-state index in [1.54, 1.807) is 0 Å². The number of rotatable bonds is 7. The first-order valence-electron chi connectivity index (χ1n) is 11.7. The third kappa shape index (κ3) is 14.1. The van der Waals surface area contributed by atoms with E-state index >= 15 is 0 Å². The minimum atomic E-state index is -1.74. The number of carboxylic acid groups (broad SMARTS) is 3. The van der Waals surface area contributed by atoms with E-state index in [9.17, 15) is 50.1 Å². The molecule has 238 valence electrons. The number of hydrogen-bond acceptors (Lipinski definition) is 14. The Bertz CT molecular complexity index is 792. The quantitative estimate of drug-likeness (QED) is 0.127. The zero-order chi connectivity index (χ0) is 32.8. The Morgan fingerprint density at radius 3 is 1.29 bits per heavy atom. The molecule has 17 nitrogen and oxygen atoms in total. The van der Waals surface area contributed by atoms with Gasteiger partial charge in [-0.1, -0.05) is 19.7 Å². The van der Waals surface area contributed by atoms with Crippen LogP contribution in [0.25, 0.3) is 0 Å². The van der Waals surface area contributed by atoms with Crippen molar-refractivity contribution < 1.29 is 84.8 Å². The van der Waals surface area contributed by atoms with Crippen molar-refractivity contribution >= 4 is 17.9 Å². The van der Waals surface area contributed by atoms with E-state index in [0.29, 0.717) is 0 Å². The van der Waals surface area contributed by atoms with Crippen molar-refractivity contribution in [1.82, 2.24) is 0 Å². The van der Waals surface area contributed by atoms with Gasteiger partial charge in [-0.15, -0.1) is 0 Å². The molecule has 10 atom stereocenters. The third-order valence-corrected chi connectivity index (χ3v) is 5.07. The summed E-state index contributed by atoms with van der Waals surface area (Å²) in [4.78, 5) is 28.8. The summed E-state index contributed by atoms with van der Waals surface area (Å²) in [6.45, 7) is 12.5. The van der Waals surface area contributed by atoms with Crippen LogP contribution in [0.2, 0.25) is 0 Å². The molecule has 2 rings (SSSR count). The topological polar surface area (TPSA) is 301 Å². The molecule has 2 heterocycles. The maximum Gasteiger partial charge on any atom is 0.330 e. The number of aliphatic hydroxyl groups excluding tert-OH is 8. The van der Waals surface area contributed by atoms with E-state index in [1.165, 1.54) is 20.8 Å². The summed E-state index contributed by atoms with van der Waals surface area (Å²) in [7, 11) is 0. The third-order valence-electron chi connectivity index (χ3n) is 5.07. The highest BCUT2D eigenvalue weighted by molar-refractivity contribution is 5.85. The summed E-state index contributed by atoms with van der Waals surface area (Å²) in [5.41, 5.74) is 0.528. The van der Waals surface area contributed by atoms with Gasteiger partial charge in [0, 0.05) is 16.7 Å². The Hall–Kier alpha value is -2.81. The highest BCUT2D eigenvalue weighted by atomic mass is 16.7. The van der Waals surface area contributed by atoms with Crippen molar-refractivity contribution in [3.63, 3.8) is 0 Å². The predicted octanol–water partition coefficient (Wildman–Crippen LogP) is -3.46. The lowest BCUT2D eigenvalue weighted by atomic mass is 9.97. The first kappa shape index (κ1) is 40.3. The van der Waals surface area contributed by atoms with Gasteiger partial charge in [0.1, 0.15) is 48.8 Å². The Morgan fingerprint density at radius 1 is 0.610 bits per heavy atom. The lowest BCUT2D eigenvalue weighted by Gasteiger charge is -2.45. The number of carboxylic acids is 3. The fraction of sp³-hybridized carbons (Fsp3) is 0.625. The first-order valence-corrected chi connectivity index (χ1v) is 11.7. The zero-order valence-electron chi connectivity index (χ0n) is 22.7. The first-order chi connectivity index (χ1) is 18.7. The SMILES string of the molecule is C=C(C)C(=O)O.C=C(C)C(=O)O.C=C(C)C(=O)O.OC[C@H]1O[C@@H](O[C@H]2[C@H](O)[C@@H](O)C(O)O[C@@H]2CO)[C@H](O)[C@@H](O)[C@H]1O. The minimum Gasteiger partial charge on any atom is -0.478 e. The summed E-state index contributed by atoms with van der Waals surface area (Å²) >= 11 is 0. The van der Waals surface area contributed by atoms with Crippen molar-refractivity contribution in [3.8, 4) is 0 Å². The van der Waals surface area contributed by atoms with Crippen molar-refractivity contribution in [2.75, 3.05) is 13.2 Å². The summed E-state index contributed by atoms with van der Waals surface area (Å²) in [6.07, 6.45) is -15.6. The van der Waals surface area contributed by atoms with E-state index in [1.807, 2.05) is 0 Å². The molecular weight excluding hydrogens is 560 g/mol. The minimum absolute atomic E-state index is 0.176. The van der Waals surface area contributed by atoms with Crippen LogP contribution >= 0.6 is 0 Å². The van der Waals surface area contributed by atoms with E-state index in [0.717, 1.165) is 0 Å². The molecule has 2 saturated heterocycles. The normalized spacial score (nSPS) is 32.3. The van der Waals surface area contributed by atoms with E-state index < -0.39 is 92.5 Å². The highest BCUT2D eigenvalue weighted by Crippen LogP contribution is 2.28. The summed E-state index contributed by atoms with van der Waals surface area (Å²) in [5, 5.41) is 100. The average Bonchev–Trinajstić information content (AvgIpc) is 2.89. The number of aliphatic carboxylic acids is 3. The van der Waals surface area contributed by atoms with Crippen molar-refractivity contribution in [1.29, 1.82) is 0 Å². The van der Waals surface area contributed by atoms with Crippen LogP contribution in [0.4, 0.5) is 0 Å². The van der Waals surface area contributed by atoms with Crippen LogP contribution in [0.5, 0.6) is 0 Å². The van der Waals surface area contributed by atoms with Crippen molar-refractivity contribution in [2.24, 2.45) is 0 Å². The van der Waals surface area contributed by atoms with Crippen LogP contribution in [0.1, 0.15) is 20.8 Å². The largest absolute Gasteiger partial charge is 0.478 e. The van der Waals surface area contributed by atoms with Crippen LogP contribution in [0.3, 0.4) is 0 Å². The van der Waals surface area contributed by atoms with E-state index in [-0.39, 0.29) is 16.7 Å². The van der Waals surface area contributed by atoms with Gasteiger partial charge in [0.05, 0.1) is 13.2 Å². The zero-order valence-corrected chi connectivity index (χ0v) is 22.7. The molecule has 0 aromatic rings. The van der Waals surface area contributed by atoms with Gasteiger partial charge in [-0.05, 0) is 20.8 Å². The molecule has 41 heavy (non-hydrogen) atoms. The molecule has 0 aromatic carbocycles. The smallest absolute Gasteiger partial charge is 0.330 e. The molecule has 0 spiro atoms. The summed E-state index contributed by atoms with van der Waals surface area (Å²) < 4.78 is 15.3. The summed E-state index contributed by atoms with van der Waals surface area (Å²) in [5.74, 6) is -2.81. The molecule has 11 N–H and O–H groups in total. The molecular formula is C24H40O17. The van der Waals surface area contributed by atoms with Crippen LogP contribution < -0.4 is 0 Å². The van der Waals surface area contributed by atoms with Gasteiger partial charge >= 0.3 is 17.9 Å². The maximum atomic E-state index is 9.94. The predicted molar refractivity (Wildman–Crippen MR) is 136 cm³/mol. The Kier molecular flexibility index (Phi) is 19.0. The fourth-order valence-electron chi connectivity index (χ4n) is 2.57. The number of hydrogen-bond donors (Lipinski definition) is 11. The van der Waals surface area contributed by atoms with E-state index in [2.05, 4.69) is 19.7 Å². The van der Waals surface area contributed by atoms with Gasteiger partial charge in [-0.2, -0.15) is 0 Å². The molecule has 0 radical (unpaired) electrons. The lowest BCUT2D eigenvalue weighted by molar-refractivity contribution is -0.355. The maximum absolute atomic E-state index is 9.94. The van der Waals surface area contributed by atoms with Crippen molar-refractivity contribution in [2.45, 2.75) is 82.2 Å². The van der Waals surface area contributed by atoms with E-state index in [4.69, 9.17) is 34.6 Å². The molecule has 17 heteroatoms. The molecule has 2 fully saturated rings. The van der Waals surface area contributed by atoms with Crippen molar-refractivity contribution in [3.05, 3.63) is 36.5 Å². The number of carbonyl (C=O) groups is 3. The van der Waals surface area contributed by atoms with Gasteiger partial charge in [-0.25, -0.2) is 14.4 Å². The molecule has 2 aliphatic rings. The number of ether oxygens (including phenoxy) is 3. The molecule has 2 aliphatic heterocycles. The highest BCUT2D eigenvalue weighted by Gasteiger charge is 2.50. The Labute approximate surface area is 235 Å². The molecule has 0 bridgehead atoms. The molecule has 0 saturated carbocycles. The second-order valence-electron chi connectivity index (χ2n) is 8.78. The van der Waals surface area contributed by atoms with Gasteiger partial charge in [-0.3, -0.25) is 0 Å². The van der Waals surface area contributed by atoms with Gasteiger partial charge < -0.3 is 70.4 Å². The summed E-state index contributed by atoms with van der Waals surface area (Å²) in [6, 6.07) is 0. The molecule has 0 aromatic heterocycles. The van der Waals surface area contributed by atoms with Crippen LogP contribution in [0.15, 0.2) is 36.5 Å². The van der Waals surface area contributed by atoms with Crippen LogP contribution in [-0.2, 0) is 28.6 Å². The standard InChI is InChI=1S/C12H22O11.3C4H6O2/c13-1-3-5(15)6(16)9(19)12(22-3)23-10-4(2-14)21-11(20)8(18)7(10)17;3*1-3(2)4(5)6/h3-20H,1-2H2;3*1H2,2H3,(H,5,6)/t3-,4-,5+,6+,7-,8-,9-,10-,11?,12+;;;/m1.../s1. The Balaban J connectivity index is 0. The van der Waals surface area contributed by atoms with Gasteiger partial charge in [0.15, 0.2) is 12.6 Å². The van der Waals surface area contributed by atoms with Gasteiger partial charge in [0.25, 0.3) is 0 Å². The second kappa shape index (κ2) is 19.3. The van der Waals surface area contributed by atoms with Crippen LogP contribution in [-0.4, -0.2) is 149 Å². The molecule has 0 amide bonds. The Morgan fingerprint density at radius 2 is 0.976 bits per heavy atom.